The third-order valence-corrected chi connectivity index (χ3v) is 3.25. The van der Waals surface area contributed by atoms with Crippen LogP contribution in [0.5, 0.6) is 0 Å². The molecular weight excluding hydrogens is 307 g/mol. The van der Waals surface area contributed by atoms with E-state index in [0.717, 1.165) is 5.56 Å². The van der Waals surface area contributed by atoms with E-state index < -0.39 is 5.97 Å². The van der Waals surface area contributed by atoms with Gasteiger partial charge in [0, 0.05) is 5.56 Å². The normalized spacial score (nSPS) is 12.1. The van der Waals surface area contributed by atoms with E-state index in [2.05, 4.69) is 4.99 Å². The van der Waals surface area contributed by atoms with E-state index in [0.29, 0.717) is 11.3 Å². The molecule has 124 valence electrons. The first-order valence-electron chi connectivity index (χ1n) is 7.59. The highest BCUT2D eigenvalue weighted by molar-refractivity contribution is 6.11. The Bertz CT molecular complexity index is 755. The molecule has 2 aromatic rings. The lowest BCUT2D eigenvalue weighted by atomic mass is 10.1. The molecule has 0 bridgehead atoms. The zero-order valence-corrected chi connectivity index (χ0v) is 13.4. The molecule has 0 aliphatic heterocycles. The summed E-state index contributed by atoms with van der Waals surface area (Å²) in [5.74, 6) is -0.928. The molecule has 2 aromatic carbocycles. The molecule has 0 aromatic heterocycles. The summed E-state index contributed by atoms with van der Waals surface area (Å²) in [5, 5.41) is 0. The van der Waals surface area contributed by atoms with Crippen molar-refractivity contribution in [1.82, 2.24) is 0 Å². The number of nitrogens with zero attached hydrogens (tertiary/aromatic N) is 1. The lowest BCUT2D eigenvalue weighted by Gasteiger charge is -2.06. The number of nitrogens with two attached hydrogens (primary N) is 1. The van der Waals surface area contributed by atoms with Crippen LogP contribution in [0.25, 0.3) is 0 Å². The number of aliphatic imine (C=N–C) groups is 1. The Balaban J connectivity index is 2.33. The van der Waals surface area contributed by atoms with Crippen molar-refractivity contribution in [1.29, 1.82) is 0 Å². The highest BCUT2D eigenvalue weighted by Crippen LogP contribution is 2.11. The number of hydrogen-bond donors (Lipinski definition) is 1. The molecule has 0 spiro atoms. The molecule has 24 heavy (non-hydrogen) atoms. The Hall–Kier alpha value is -2.95. The Morgan fingerprint density at radius 2 is 1.83 bits per heavy atom. The van der Waals surface area contributed by atoms with Gasteiger partial charge in [0.2, 0.25) is 0 Å². The van der Waals surface area contributed by atoms with Gasteiger partial charge in [0.05, 0.1) is 18.9 Å². The summed E-state index contributed by atoms with van der Waals surface area (Å²) in [6.45, 7) is 2.08. The van der Waals surface area contributed by atoms with Gasteiger partial charge in [0.1, 0.15) is 11.5 Å². The molecule has 0 saturated heterocycles. The van der Waals surface area contributed by atoms with Crippen LogP contribution in [0, 0.1) is 5.82 Å². The van der Waals surface area contributed by atoms with Crippen LogP contribution in [0.4, 0.5) is 4.39 Å². The highest BCUT2D eigenvalue weighted by Gasteiger charge is 2.09. The van der Waals surface area contributed by atoms with E-state index in [1.807, 2.05) is 30.3 Å². The third-order valence-electron chi connectivity index (χ3n) is 3.25. The summed E-state index contributed by atoms with van der Waals surface area (Å²) in [5.41, 5.74) is 7.46. The minimum Gasteiger partial charge on any atom is -0.461 e. The second kappa shape index (κ2) is 8.62. The molecule has 0 aliphatic carbocycles. The minimum absolute atomic E-state index is 0.0482. The van der Waals surface area contributed by atoms with Crippen molar-refractivity contribution in [3.63, 3.8) is 0 Å². The summed E-state index contributed by atoms with van der Waals surface area (Å²) in [4.78, 5) is 16.1. The molecule has 4 nitrogen and oxygen atoms in total. The average molecular weight is 326 g/mol. The zero-order valence-electron chi connectivity index (χ0n) is 13.4. The van der Waals surface area contributed by atoms with Gasteiger partial charge in [-0.25, -0.2) is 9.18 Å². The Labute approximate surface area is 140 Å². The van der Waals surface area contributed by atoms with Crippen LogP contribution in [0.3, 0.4) is 0 Å². The number of carbonyl (C=O) groups is 1. The van der Waals surface area contributed by atoms with Gasteiger partial charge in [-0.1, -0.05) is 48.5 Å². The van der Waals surface area contributed by atoms with E-state index in [9.17, 15) is 9.18 Å². The van der Waals surface area contributed by atoms with Gasteiger partial charge in [-0.15, -0.1) is 0 Å². The molecule has 2 rings (SSSR count). The third kappa shape index (κ3) is 4.78. The standard InChI is InChI=1S/C19H19FN2O2/c1-2-24-19(23)17(21)12-18(14-8-4-3-5-9-14)22-13-15-10-6-7-11-16(15)20/h3-12H,2,13,21H2,1H3. The van der Waals surface area contributed by atoms with Gasteiger partial charge in [0.15, 0.2) is 0 Å². The minimum atomic E-state index is -0.605. The molecule has 0 radical (unpaired) electrons. The van der Waals surface area contributed by atoms with Crippen LogP contribution in [-0.4, -0.2) is 18.3 Å². The smallest absolute Gasteiger partial charge is 0.354 e. The van der Waals surface area contributed by atoms with Crippen molar-refractivity contribution in [2.45, 2.75) is 13.5 Å². The summed E-state index contributed by atoms with van der Waals surface area (Å²) < 4.78 is 18.6. The van der Waals surface area contributed by atoms with E-state index >= 15 is 0 Å². The van der Waals surface area contributed by atoms with E-state index in [1.54, 1.807) is 25.1 Å². The van der Waals surface area contributed by atoms with Crippen LogP contribution in [-0.2, 0) is 16.1 Å². The molecule has 0 aliphatic rings. The first kappa shape index (κ1) is 17.4. The largest absolute Gasteiger partial charge is 0.461 e. The quantitative estimate of drug-likeness (QED) is 0.503. The number of allylic oxidation sites excluding steroid dienone is 1. The molecule has 5 heteroatoms. The first-order chi connectivity index (χ1) is 11.6. The molecule has 0 amide bonds. The summed E-state index contributed by atoms with van der Waals surface area (Å²) in [7, 11) is 0. The monoisotopic (exact) mass is 326 g/mol. The second-order valence-corrected chi connectivity index (χ2v) is 4.98. The first-order valence-corrected chi connectivity index (χ1v) is 7.59. The van der Waals surface area contributed by atoms with Crippen LogP contribution in [0.2, 0.25) is 0 Å². The Morgan fingerprint density at radius 1 is 1.17 bits per heavy atom. The van der Waals surface area contributed by atoms with Crippen LogP contribution < -0.4 is 5.73 Å². The Morgan fingerprint density at radius 3 is 2.50 bits per heavy atom. The van der Waals surface area contributed by atoms with E-state index in [-0.39, 0.29) is 24.7 Å². The lowest BCUT2D eigenvalue weighted by Crippen LogP contribution is -2.16. The van der Waals surface area contributed by atoms with Crippen LogP contribution in [0.1, 0.15) is 18.1 Å². The highest BCUT2D eigenvalue weighted by atomic mass is 19.1. The summed E-state index contributed by atoms with van der Waals surface area (Å²) in [6.07, 6.45) is 1.45. The topological polar surface area (TPSA) is 64.7 Å². The van der Waals surface area contributed by atoms with Gasteiger partial charge < -0.3 is 10.5 Å². The van der Waals surface area contributed by atoms with Gasteiger partial charge >= 0.3 is 5.97 Å². The number of benzene rings is 2. The summed E-state index contributed by atoms with van der Waals surface area (Å²) >= 11 is 0. The van der Waals surface area contributed by atoms with Gasteiger partial charge in [0.25, 0.3) is 0 Å². The fourth-order valence-electron chi connectivity index (χ4n) is 2.05. The van der Waals surface area contributed by atoms with Gasteiger partial charge in [-0.3, -0.25) is 4.99 Å². The maximum absolute atomic E-state index is 13.8. The number of ether oxygens (including phenoxy) is 1. The molecule has 0 atom stereocenters. The fraction of sp³-hybridized carbons (Fsp3) is 0.158. The van der Waals surface area contributed by atoms with E-state index in [4.69, 9.17) is 10.5 Å². The number of hydrogen-bond acceptors (Lipinski definition) is 4. The van der Waals surface area contributed by atoms with Crippen molar-refractivity contribution in [2.24, 2.45) is 10.7 Å². The van der Waals surface area contributed by atoms with Crippen molar-refractivity contribution in [2.75, 3.05) is 6.61 Å². The summed E-state index contributed by atoms with van der Waals surface area (Å²) in [6, 6.07) is 15.7. The van der Waals surface area contributed by atoms with Crippen molar-refractivity contribution >= 4 is 11.7 Å². The Kier molecular flexibility index (Phi) is 6.25. The van der Waals surface area contributed by atoms with Crippen molar-refractivity contribution in [3.05, 3.63) is 83.3 Å². The van der Waals surface area contributed by atoms with Gasteiger partial charge in [-0.05, 0) is 24.6 Å². The fourth-order valence-corrected chi connectivity index (χ4v) is 2.05. The molecular formula is C19H19FN2O2. The number of rotatable bonds is 6. The number of carbonyl (C=O) groups excluding carboxylic acids is 1. The lowest BCUT2D eigenvalue weighted by molar-refractivity contribution is -0.138. The SMILES string of the molecule is CCOC(=O)C(N)=CC(=NCc1ccccc1F)c1ccccc1. The van der Waals surface area contributed by atoms with Crippen molar-refractivity contribution in [3.8, 4) is 0 Å². The molecule has 0 saturated carbocycles. The van der Waals surface area contributed by atoms with Crippen LogP contribution in [0.15, 0.2) is 71.4 Å². The zero-order chi connectivity index (χ0) is 17.4. The molecule has 2 N–H and O–H groups in total. The predicted octanol–water partition coefficient (Wildman–Crippen LogP) is 3.22. The number of halogens is 1. The van der Waals surface area contributed by atoms with Gasteiger partial charge in [-0.2, -0.15) is 0 Å². The molecule has 0 heterocycles. The predicted molar refractivity (Wildman–Crippen MR) is 92.0 cm³/mol. The molecule has 0 fully saturated rings. The average Bonchev–Trinajstić information content (AvgIpc) is 2.60. The second-order valence-electron chi connectivity index (χ2n) is 4.98. The number of esters is 1. The van der Waals surface area contributed by atoms with Crippen molar-refractivity contribution < 1.29 is 13.9 Å². The maximum atomic E-state index is 13.8. The van der Waals surface area contributed by atoms with E-state index in [1.165, 1.54) is 12.1 Å². The van der Waals surface area contributed by atoms with Crippen LogP contribution >= 0.6 is 0 Å². The molecule has 0 unspecified atom stereocenters. The maximum Gasteiger partial charge on any atom is 0.354 e.